The van der Waals surface area contributed by atoms with Gasteiger partial charge in [0.15, 0.2) is 0 Å². The van der Waals surface area contributed by atoms with Gasteiger partial charge in [0.1, 0.15) is 6.54 Å². The Balaban J connectivity index is 2.13. The number of carbonyl (C=O) groups is 3. The van der Waals surface area contributed by atoms with E-state index < -0.39 is 17.1 Å². The molecular formula is C14H12INO4S. The van der Waals surface area contributed by atoms with Crippen LogP contribution in [-0.4, -0.2) is 35.2 Å². The molecule has 0 unspecified atom stereocenters. The molecule has 0 N–H and O–H groups in total. The number of esters is 1. The molecule has 2 rings (SSSR count). The molecule has 1 aliphatic rings. The van der Waals surface area contributed by atoms with E-state index in [9.17, 15) is 14.4 Å². The zero-order valence-electron chi connectivity index (χ0n) is 11.2. The first-order chi connectivity index (χ1) is 10.0. The van der Waals surface area contributed by atoms with Crippen molar-refractivity contribution in [3.8, 4) is 0 Å². The van der Waals surface area contributed by atoms with E-state index in [0.29, 0.717) is 4.91 Å². The Kier molecular flexibility index (Phi) is 5.40. The van der Waals surface area contributed by atoms with Gasteiger partial charge in [-0.15, -0.1) is 0 Å². The highest BCUT2D eigenvalue weighted by Crippen LogP contribution is 2.32. The number of rotatable bonds is 4. The Morgan fingerprint density at radius 3 is 2.62 bits per heavy atom. The van der Waals surface area contributed by atoms with Gasteiger partial charge in [0.25, 0.3) is 11.1 Å². The smallest absolute Gasteiger partial charge is 0.326 e. The molecule has 0 aromatic heterocycles. The number of thioether (sulfide) groups is 1. The van der Waals surface area contributed by atoms with Gasteiger partial charge in [0, 0.05) is 3.57 Å². The van der Waals surface area contributed by atoms with Crippen molar-refractivity contribution in [2.24, 2.45) is 0 Å². The van der Waals surface area contributed by atoms with E-state index in [2.05, 4.69) is 22.6 Å². The van der Waals surface area contributed by atoms with Crippen LogP contribution in [0.3, 0.4) is 0 Å². The quantitative estimate of drug-likeness (QED) is 0.429. The fourth-order valence-corrected chi connectivity index (χ4v) is 2.88. The third-order valence-corrected chi connectivity index (χ3v) is 4.26. The van der Waals surface area contributed by atoms with Crippen molar-refractivity contribution in [1.82, 2.24) is 4.90 Å². The largest absolute Gasteiger partial charge is 0.465 e. The first-order valence-electron chi connectivity index (χ1n) is 6.18. The van der Waals surface area contributed by atoms with Crippen LogP contribution in [0, 0.1) is 3.57 Å². The van der Waals surface area contributed by atoms with Gasteiger partial charge in [0.05, 0.1) is 11.5 Å². The van der Waals surface area contributed by atoms with Crippen molar-refractivity contribution >= 4 is 57.5 Å². The molecule has 110 valence electrons. The van der Waals surface area contributed by atoms with Crippen LogP contribution in [0.5, 0.6) is 0 Å². The molecule has 0 atom stereocenters. The van der Waals surface area contributed by atoms with Crippen molar-refractivity contribution in [2.45, 2.75) is 6.92 Å². The number of benzene rings is 1. The first-order valence-corrected chi connectivity index (χ1v) is 8.07. The van der Waals surface area contributed by atoms with Crippen molar-refractivity contribution < 1.29 is 19.1 Å². The predicted octanol–water partition coefficient (Wildman–Crippen LogP) is 2.89. The standard InChI is InChI=1S/C14H12INO4S/c1-2-20-12(17)8-16-13(18)11(21-14(16)19)7-9-3-5-10(15)6-4-9/h3-7H,2,8H2,1H3. The summed E-state index contributed by atoms with van der Waals surface area (Å²) < 4.78 is 5.84. The maximum Gasteiger partial charge on any atom is 0.326 e. The molecule has 2 amide bonds. The summed E-state index contributed by atoms with van der Waals surface area (Å²) in [5.74, 6) is -1.05. The lowest BCUT2D eigenvalue weighted by molar-refractivity contribution is -0.145. The summed E-state index contributed by atoms with van der Waals surface area (Å²) in [5.41, 5.74) is 0.831. The fraction of sp³-hybridized carbons (Fsp3) is 0.214. The molecular weight excluding hydrogens is 405 g/mol. The second-order valence-electron chi connectivity index (χ2n) is 4.12. The predicted molar refractivity (Wildman–Crippen MR) is 88.5 cm³/mol. The molecule has 5 nitrogen and oxygen atoms in total. The second-order valence-corrected chi connectivity index (χ2v) is 6.36. The van der Waals surface area contributed by atoms with Crippen LogP contribution in [0.25, 0.3) is 6.08 Å². The van der Waals surface area contributed by atoms with Crippen LogP contribution >= 0.6 is 34.4 Å². The molecule has 7 heteroatoms. The Labute approximate surface area is 139 Å². The van der Waals surface area contributed by atoms with Gasteiger partial charge >= 0.3 is 5.97 Å². The Morgan fingerprint density at radius 2 is 2.00 bits per heavy atom. The van der Waals surface area contributed by atoms with E-state index in [0.717, 1.165) is 25.8 Å². The Morgan fingerprint density at radius 1 is 1.33 bits per heavy atom. The zero-order chi connectivity index (χ0) is 15.4. The topological polar surface area (TPSA) is 63.7 Å². The first kappa shape index (κ1) is 16.0. The average Bonchev–Trinajstić information content (AvgIpc) is 2.69. The van der Waals surface area contributed by atoms with Gasteiger partial charge in [0.2, 0.25) is 0 Å². The fourth-order valence-electron chi connectivity index (χ4n) is 1.68. The molecule has 21 heavy (non-hydrogen) atoms. The van der Waals surface area contributed by atoms with Gasteiger partial charge in [-0.1, -0.05) is 12.1 Å². The molecule has 1 aromatic rings. The minimum atomic E-state index is -0.588. The summed E-state index contributed by atoms with van der Waals surface area (Å²) in [6.45, 7) is 1.54. The number of imide groups is 1. The molecule has 1 saturated heterocycles. The van der Waals surface area contributed by atoms with Crippen molar-refractivity contribution in [2.75, 3.05) is 13.2 Å². The number of amides is 2. The van der Waals surface area contributed by atoms with Crippen LogP contribution in [0.4, 0.5) is 4.79 Å². The van der Waals surface area contributed by atoms with Crippen LogP contribution in [0.2, 0.25) is 0 Å². The molecule has 1 heterocycles. The second kappa shape index (κ2) is 7.08. The van der Waals surface area contributed by atoms with Gasteiger partial charge < -0.3 is 4.74 Å². The van der Waals surface area contributed by atoms with E-state index in [1.807, 2.05) is 24.3 Å². The highest BCUT2D eigenvalue weighted by atomic mass is 127. The van der Waals surface area contributed by atoms with Crippen molar-refractivity contribution in [1.29, 1.82) is 0 Å². The number of hydrogen-bond donors (Lipinski definition) is 0. The molecule has 1 fully saturated rings. The van der Waals surface area contributed by atoms with Crippen molar-refractivity contribution in [3.63, 3.8) is 0 Å². The van der Waals surface area contributed by atoms with Crippen LogP contribution in [0.1, 0.15) is 12.5 Å². The molecule has 0 aliphatic carbocycles. The normalized spacial score (nSPS) is 16.7. The van der Waals surface area contributed by atoms with Gasteiger partial charge in [-0.2, -0.15) is 0 Å². The number of hydrogen-bond acceptors (Lipinski definition) is 5. The van der Waals surface area contributed by atoms with Crippen LogP contribution in [0.15, 0.2) is 29.2 Å². The number of ether oxygens (including phenoxy) is 1. The lowest BCUT2D eigenvalue weighted by atomic mass is 10.2. The summed E-state index contributed by atoms with van der Waals surface area (Å²) >= 11 is 3.02. The van der Waals surface area contributed by atoms with E-state index in [1.54, 1.807) is 13.0 Å². The minimum absolute atomic E-state index is 0.216. The molecule has 1 aliphatic heterocycles. The van der Waals surface area contributed by atoms with Crippen molar-refractivity contribution in [3.05, 3.63) is 38.3 Å². The summed E-state index contributed by atoms with van der Waals surface area (Å²) in [6.07, 6.45) is 1.64. The summed E-state index contributed by atoms with van der Waals surface area (Å²) in [7, 11) is 0. The Bertz CT molecular complexity index is 612. The molecule has 0 bridgehead atoms. The number of carbonyl (C=O) groups excluding carboxylic acids is 3. The maximum absolute atomic E-state index is 12.1. The van der Waals surface area contributed by atoms with Gasteiger partial charge in [-0.25, -0.2) is 0 Å². The minimum Gasteiger partial charge on any atom is -0.465 e. The monoisotopic (exact) mass is 417 g/mol. The average molecular weight is 417 g/mol. The number of nitrogens with zero attached hydrogens (tertiary/aromatic N) is 1. The van der Waals surface area contributed by atoms with Crippen LogP contribution < -0.4 is 0 Å². The summed E-state index contributed by atoms with van der Waals surface area (Å²) in [6, 6.07) is 7.55. The van der Waals surface area contributed by atoms with Gasteiger partial charge in [-0.3, -0.25) is 19.3 Å². The third kappa shape index (κ3) is 4.07. The Hall–Kier alpha value is -1.35. The SMILES string of the molecule is CCOC(=O)CN1C(=O)SC(=Cc2ccc(I)cc2)C1=O. The van der Waals surface area contributed by atoms with E-state index in [1.165, 1.54) is 0 Å². The van der Waals surface area contributed by atoms with E-state index >= 15 is 0 Å². The molecule has 0 spiro atoms. The molecule has 0 radical (unpaired) electrons. The zero-order valence-corrected chi connectivity index (χ0v) is 14.1. The highest BCUT2D eigenvalue weighted by Gasteiger charge is 2.36. The summed E-state index contributed by atoms with van der Waals surface area (Å²) in [4.78, 5) is 36.5. The number of halogens is 1. The molecule has 1 aromatic carbocycles. The van der Waals surface area contributed by atoms with Gasteiger partial charge in [-0.05, 0) is 65.0 Å². The highest BCUT2D eigenvalue weighted by molar-refractivity contribution is 14.1. The van der Waals surface area contributed by atoms with E-state index in [4.69, 9.17) is 4.74 Å². The van der Waals surface area contributed by atoms with Crippen LogP contribution in [-0.2, 0) is 14.3 Å². The maximum atomic E-state index is 12.1. The van der Waals surface area contributed by atoms with E-state index in [-0.39, 0.29) is 13.2 Å². The molecule has 0 saturated carbocycles. The lowest BCUT2D eigenvalue weighted by Crippen LogP contribution is -2.34. The lowest BCUT2D eigenvalue weighted by Gasteiger charge is -2.10. The summed E-state index contributed by atoms with van der Waals surface area (Å²) in [5, 5.41) is -0.454. The third-order valence-electron chi connectivity index (χ3n) is 2.63.